The van der Waals surface area contributed by atoms with Gasteiger partial charge in [0.05, 0.1) is 11.2 Å². The molecule has 0 saturated heterocycles. The third kappa shape index (κ3) is 2.35. The molecule has 0 spiro atoms. The molecule has 0 atom stereocenters. The van der Waals surface area contributed by atoms with Crippen molar-refractivity contribution in [3.8, 4) is 0 Å². The summed E-state index contributed by atoms with van der Waals surface area (Å²) in [5.74, 6) is 0. The molecule has 2 aliphatic rings. The maximum Gasteiger partial charge on any atom is 0.113 e. The van der Waals surface area contributed by atoms with E-state index in [9.17, 15) is 0 Å². The second-order valence-electron chi connectivity index (χ2n) is 7.00. The molecule has 2 fully saturated rings. The van der Waals surface area contributed by atoms with Gasteiger partial charge in [0, 0.05) is 16.8 Å². The van der Waals surface area contributed by atoms with E-state index >= 15 is 0 Å². The quantitative estimate of drug-likeness (QED) is 0.894. The number of rotatable bonds is 3. The van der Waals surface area contributed by atoms with E-state index in [2.05, 4.69) is 31.5 Å². The number of aromatic nitrogens is 1. The standard InChI is InChI=1S/C15H24N2S/c1-14(2,3)12-10-18-13(16-12)15(8-4-5-9-15)17-11-6-7-11/h10-11,17H,4-9H2,1-3H3. The Hall–Kier alpha value is -0.410. The van der Waals surface area contributed by atoms with Gasteiger partial charge in [-0.15, -0.1) is 11.3 Å². The van der Waals surface area contributed by atoms with Crippen LogP contribution in [0.5, 0.6) is 0 Å². The second kappa shape index (κ2) is 4.31. The highest BCUT2D eigenvalue weighted by Crippen LogP contribution is 2.43. The Bertz CT molecular complexity index is 420. The van der Waals surface area contributed by atoms with Gasteiger partial charge < -0.3 is 5.32 Å². The first-order valence-corrected chi connectivity index (χ1v) is 8.12. The van der Waals surface area contributed by atoms with E-state index in [1.54, 1.807) is 0 Å². The molecular formula is C15H24N2S. The van der Waals surface area contributed by atoms with Gasteiger partial charge in [-0.25, -0.2) is 4.98 Å². The van der Waals surface area contributed by atoms with Gasteiger partial charge in [-0.1, -0.05) is 33.6 Å². The van der Waals surface area contributed by atoms with Crippen molar-refractivity contribution in [2.24, 2.45) is 0 Å². The molecule has 1 heterocycles. The molecule has 0 bridgehead atoms. The number of hydrogen-bond acceptors (Lipinski definition) is 3. The van der Waals surface area contributed by atoms with Crippen molar-refractivity contribution in [1.82, 2.24) is 10.3 Å². The van der Waals surface area contributed by atoms with Gasteiger partial charge in [-0.05, 0) is 25.7 Å². The third-order valence-electron chi connectivity index (χ3n) is 4.20. The van der Waals surface area contributed by atoms with Gasteiger partial charge in [0.15, 0.2) is 0 Å². The van der Waals surface area contributed by atoms with Crippen molar-refractivity contribution in [2.75, 3.05) is 0 Å². The molecule has 2 aliphatic carbocycles. The van der Waals surface area contributed by atoms with Crippen LogP contribution in [0, 0.1) is 0 Å². The molecule has 0 radical (unpaired) electrons. The highest BCUT2D eigenvalue weighted by molar-refractivity contribution is 7.09. The lowest BCUT2D eigenvalue weighted by Gasteiger charge is -2.28. The van der Waals surface area contributed by atoms with E-state index in [1.807, 2.05) is 11.3 Å². The van der Waals surface area contributed by atoms with Crippen molar-refractivity contribution < 1.29 is 0 Å². The Morgan fingerprint density at radius 3 is 2.44 bits per heavy atom. The highest BCUT2D eigenvalue weighted by atomic mass is 32.1. The summed E-state index contributed by atoms with van der Waals surface area (Å²) in [7, 11) is 0. The van der Waals surface area contributed by atoms with E-state index in [4.69, 9.17) is 4.98 Å². The molecule has 3 heteroatoms. The number of hydrogen-bond donors (Lipinski definition) is 1. The van der Waals surface area contributed by atoms with Crippen molar-refractivity contribution in [1.29, 1.82) is 0 Å². The molecule has 0 aliphatic heterocycles. The van der Waals surface area contributed by atoms with E-state index in [-0.39, 0.29) is 11.0 Å². The minimum absolute atomic E-state index is 0.175. The van der Waals surface area contributed by atoms with Crippen molar-refractivity contribution >= 4 is 11.3 Å². The van der Waals surface area contributed by atoms with Crippen LogP contribution in [0.1, 0.15) is 70.0 Å². The topological polar surface area (TPSA) is 24.9 Å². The maximum atomic E-state index is 4.97. The molecule has 1 N–H and O–H groups in total. The fourth-order valence-electron chi connectivity index (χ4n) is 2.85. The van der Waals surface area contributed by atoms with Crippen LogP contribution < -0.4 is 5.32 Å². The Balaban J connectivity index is 1.87. The molecule has 100 valence electrons. The van der Waals surface area contributed by atoms with Crippen molar-refractivity contribution in [3.63, 3.8) is 0 Å². The molecule has 2 saturated carbocycles. The zero-order valence-electron chi connectivity index (χ0n) is 11.8. The Labute approximate surface area is 114 Å². The zero-order valence-corrected chi connectivity index (χ0v) is 12.6. The van der Waals surface area contributed by atoms with Crippen LogP contribution in [0.15, 0.2) is 5.38 Å². The monoisotopic (exact) mass is 264 g/mol. The second-order valence-corrected chi connectivity index (χ2v) is 7.85. The van der Waals surface area contributed by atoms with Crippen LogP contribution in [-0.4, -0.2) is 11.0 Å². The third-order valence-corrected chi connectivity index (χ3v) is 5.24. The van der Waals surface area contributed by atoms with Gasteiger partial charge in [0.1, 0.15) is 5.01 Å². The summed E-state index contributed by atoms with van der Waals surface area (Å²) in [6.07, 6.45) is 7.98. The van der Waals surface area contributed by atoms with E-state index in [1.165, 1.54) is 49.2 Å². The maximum absolute atomic E-state index is 4.97. The lowest BCUT2D eigenvalue weighted by atomic mass is 9.93. The van der Waals surface area contributed by atoms with Crippen LogP contribution in [-0.2, 0) is 11.0 Å². The van der Waals surface area contributed by atoms with Crippen molar-refractivity contribution in [2.45, 2.75) is 76.3 Å². The molecule has 3 rings (SSSR count). The van der Waals surface area contributed by atoms with Crippen LogP contribution in [0.25, 0.3) is 0 Å². The van der Waals surface area contributed by atoms with Crippen LogP contribution in [0.3, 0.4) is 0 Å². The van der Waals surface area contributed by atoms with Crippen molar-refractivity contribution in [3.05, 3.63) is 16.1 Å². The summed E-state index contributed by atoms with van der Waals surface area (Å²) in [4.78, 5) is 4.97. The molecule has 0 unspecified atom stereocenters. The molecule has 1 aromatic heterocycles. The summed E-state index contributed by atoms with van der Waals surface area (Å²) in [5, 5.41) is 7.51. The van der Waals surface area contributed by atoms with Gasteiger partial charge in [0.2, 0.25) is 0 Å². The minimum Gasteiger partial charge on any atom is -0.303 e. The van der Waals surface area contributed by atoms with E-state index in [0.29, 0.717) is 0 Å². The Kier molecular flexibility index (Phi) is 3.02. The van der Waals surface area contributed by atoms with E-state index in [0.717, 1.165) is 6.04 Å². The zero-order chi connectivity index (χ0) is 12.8. The summed E-state index contributed by atoms with van der Waals surface area (Å²) >= 11 is 1.87. The SMILES string of the molecule is CC(C)(C)c1csc(C2(NC3CC3)CCCC2)n1. The number of nitrogens with zero attached hydrogens (tertiary/aromatic N) is 1. The summed E-state index contributed by atoms with van der Waals surface area (Å²) < 4.78 is 0. The first kappa shape index (κ1) is 12.6. The summed E-state index contributed by atoms with van der Waals surface area (Å²) in [6, 6.07) is 0.769. The van der Waals surface area contributed by atoms with Crippen LogP contribution >= 0.6 is 11.3 Å². The molecular weight excluding hydrogens is 240 g/mol. The first-order valence-electron chi connectivity index (χ1n) is 7.24. The highest BCUT2D eigenvalue weighted by Gasteiger charge is 2.42. The number of nitrogens with one attached hydrogen (secondary N) is 1. The molecule has 0 amide bonds. The Morgan fingerprint density at radius 2 is 1.94 bits per heavy atom. The molecule has 2 nitrogen and oxygen atoms in total. The predicted octanol–water partition coefficient (Wildman–Crippen LogP) is 3.96. The van der Waals surface area contributed by atoms with Gasteiger partial charge in [-0.3, -0.25) is 0 Å². The van der Waals surface area contributed by atoms with Gasteiger partial charge >= 0.3 is 0 Å². The summed E-state index contributed by atoms with van der Waals surface area (Å²) in [5.41, 5.74) is 1.65. The summed E-state index contributed by atoms with van der Waals surface area (Å²) in [6.45, 7) is 6.75. The average molecular weight is 264 g/mol. The van der Waals surface area contributed by atoms with Crippen LogP contribution in [0.2, 0.25) is 0 Å². The average Bonchev–Trinajstić information content (AvgIpc) is 2.83. The lowest BCUT2D eigenvalue weighted by molar-refractivity contribution is 0.334. The normalized spacial score (nSPS) is 23.5. The fourth-order valence-corrected chi connectivity index (χ4v) is 4.12. The van der Waals surface area contributed by atoms with E-state index < -0.39 is 0 Å². The first-order chi connectivity index (χ1) is 8.50. The smallest absolute Gasteiger partial charge is 0.113 e. The molecule has 1 aromatic rings. The lowest BCUT2D eigenvalue weighted by Crippen LogP contribution is -2.41. The minimum atomic E-state index is 0.175. The molecule has 18 heavy (non-hydrogen) atoms. The largest absolute Gasteiger partial charge is 0.303 e. The fraction of sp³-hybridized carbons (Fsp3) is 0.800. The number of thiazole rings is 1. The molecule has 0 aromatic carbocycles. The van der Waals surface area contributed by atoms with Gasteiger partial charge in [-0.2, -0.15) is 0 Å². The van der Waals surface area contributed by atoms with Crippen LogP contribution in [0.4, 0.5) is 0 Å². The predicted molar refractivity (Wildman–Crippen MR) is 77.1 cm³/mol. The van der Waals surface area contributed by atoms with Gasteiger partial charge in [0.25, 0.3) is 0 Å². The Morgan fingerprint density at radius 1 is 1.28 bits per heavy atom.